The lowest BCUT2D eigenvalue weighted by Crippen LogP contribution is -2.02. The first-order valence-corrected chi connectivity index (χ1v) is 5.84. The fourth-order valence-electron chi connectivity index (χ4n) is 1.82. The van der Waals surface area contributed by atoms with Crippen molar-refractivity contribution in [2.75, 3.05) is 5.73 Å². The van der Waals surface area contributed by atoms with Crippen LogP contribution < -0.4 is 5.73 Å². The minimum absolute atomic E-state index is 0.0744. The van der Waals surface area contributed by atoms with Crippen LogP contribution in [0, 0.1) is 5.82 Å². The van der Waals surface area contributed by atoms with Crippen LogP contribution in [0.5, 0.6) is 0 Å². The maximum Gasteiger partial charge on any atom is 0.141 e. The molecule has 0 radical (unpaired) electrons. The number of rotatable bonds is 2. The molecule has 88 valence electrons. The second-order valence-corrected chi connectivity index (χ2v) is 4.69. The number of nitrogens with two attached hydrogens (primary N) is 1. The molecule has 2 N–H and O–H groups in total. The summed E-state index contributed by atoms with van der Waals surface area (Å²) in [5.41, 5.74) is 7.57. The first kappa shape index (κ1) is 10.6. The Morgan fingerprint density at radius 2 is 2.12 bits per heavy atom. The topological polar surface area (TPSA) is 43.8 Å². The van der Waals surface area contributed by atoms with Crippen molar-refractivity contribution < 1.29 is 4.39 Å². The summed E-state index contributed by atoms with van der Waals surface area (Å²) >= 11 is 5.74. The number of nitrogen functional groups attached to an aromatic ring is 1. The van der Waals surface area contributed by atoms with Crippen molar-refractivity contribution in [2.45, 2.75) is 18.8 Å². The molecule has 3 rings (SSSR count). The Morgan fingerprint density at radius 1 is 1.35 bits per heavy atom. The van der Waals surface area contributed by atoms with E-state index >= 15 is 0 Å². The van der Waals surface area contributed by atoms with Crippen molar-refractivity contribution in [2.24, 2.45) is 0 Å². The molecule has 1 aliphatic rings. The van der Waals surface area contributed by atoms with E-state index in [9.17, 15) is 4.39 Å². The highest BCUT2D eigenvalue weighted by molar-refractivity contribution is 6.30. The van der Waals surface area contributed by atoms with Crippen LogP contribution in [0.15, 0.2) is 24.3 Å². The zero-order chi connectivity index (χ0) is 12.0. The molecule has 2 aromatic rings. The fraction of sp³-hybridized carbons (Fsp3) is 0.250. The number of benzene rings is 1. The fourth-order valence-corrected chi connectivity index (χ4v) is 1.99. The van der Waals surface area contributed by atoms with Crippen LogP contribution in [0.2, 0.25) is 5.02 Å². The van der Waals surface area contributed by atoms with Crippen LogP contribution in [-0.2, 0) is 0 Å². The molecule has 3 nitrogen and oxygen atoms in total. The van der Waals surface area contributed by atoms with Crippen molar-refractivity contribution in [3.63, 3.8) is 0 Å². The molecule has 1 aliphatic carbocycles. The first-order valence-electron chi connectivity index (χ1n) is 5.46. The second-order valence-electron chi connectivity index (χ2n) is 4.28. The van der Waals surface area contributed by atoms with Gasteiger partial charge in [-0.2, -0.15) is 5.10 Å². The molecular formula is C12H11ClFN3. The van der Waals surface area contributed by atoms with Gasteiger partial charge < -0.3 is 5.73 Å². The molecule has 1 saturated carbocycles. The van der Waals surface area contributed by atoms with Crippen LogP contribution in [0.4, 0.5) is 10.2 Å². The maximum atomic E-state index is 13.1. The summed E-state index contributed by atoms with van der Waals surface area (Å²) < 4.78 is 14.7. The van der Waals surface area contributed by atoms with Gasteiger partial charge in [0.25, 0.3) is 0 Å². The molecule has 1 fully saturated rings. The molecule has 1 aromatic heterocycles. The van der Waals surface area contributed by atoms with Gasteiger partial charge in [-0.1, -0.05) is 11.6 Å². The van der Waals surface area contributed by atoms with Crippen LogP contribution in [0.25, 0.3) is 5.69 Å². The highest BCUT2D eigenvalue weighted by Crippen LogP contribution is 2.40. The number of nitrogens with zero attached hydrogens (tertiary/aromatic N) is 2. The van der Waals surface area contributed by atoms with Crippen LogP contribution >= 0.6 is 11.6 Å². The van der Waals surface area contributed by atoms with Crippen molar-refractivity contribution in [1.29, 1.82) is 0 Å². The third kappa shape index (κ3) is 1.89. The van der Waals surface area contributed by atoms with Crippen LogP contribution in [0.3, 0.4) is 0 Å². The summed E-state index contributed by atoms with van der Waals surface area (Å²) in [7, 11) is 0. The van der Waals surface area contributed by atoms with Crippen molar-refractivity contribution >= 4 is 17.4 Å². The van der Waals surface area contributed by atoms with Gasteiger partial charge in [0.2, 0.25) is 0 Å². The average molecular weight is 252 g/mol. The Kier molecular flexibility index (Phi) is 2.33. The summed E-state index contributed by atoms with van der Waals surface area (Å²) in [5, 5.41) is 4.50. The minimum atomic E-state index is -0.441. The minimum Gasteiger partial charge on any atom is -0.384 e. The quantitative estimate of drug-likeness (QED) is 0.891. The van der Waals surface area contributed by atoms with E-state index in [0.717, 1.165) is 5.69 Å². The van der Waals surface area contributed by atoms with E-state index in [1.165, 1.54) is 25.0 Å². The van der Waals surface area contributed by atoms with E-state index in [2.05, 4.69) is 5.10 Å². The highest BCUT2D eigenvalue weighted by Gasteiger charge is 2.27. The van der Waals surface area contributed by atoms with Gasteiger partial charge >= 0.3 is 0 Å². The Morgan fingerprint density at radius 3 is 2.76 bits per heavy atom. The molecule has 0 spiro atoms. The van der Waals surface area contributed by atoms with Crippen molar-refractivity contribution in [3.05, 3.63) is 40.8 Å². The first-order chi connectivity index (χ1) is 8.15. The number of hydrogen-bond donors (Lipinski definition) is 1. The Bertz CT molecular complexity index is 575. The van der Waals surface area contributed by atoms with E-state index in [1.807, 2.05) is 6.07 Å². The van der Waals surface area contributed by atoms with Gasteiger partial charge in [-0.25, -0.2) is 9.07 Å². The van der Waals surface area contributed by atoms with Gasteiger partial charge in [0.1, 0.15) is 11.6 Å². The number of aromatic nitrogens is 2. The molecule has 0 amide bonds. The second kappa shape index (κ2) is 3.74. The number of anilines is 1. The van der Waals surface area contributed by atoms with Gasteiger partial charge in [-0.05, 0) is 31.0 Å². The lowest BCUT2D eigenvalue weighted by atomic mass is 10.3. The van der Waals surface area contributed by atoms with Crippen molar-refractivity contribution in [3.8, 4) is 5.69 Å². The lowest BCUT2D eigenvalue weighted by molar-refractivity contribution is 0.627. The predicted octanol–water partition coefficient (Wildman–Crippen LogP) is 3.12. The van der Waals surface area contributed by atoms with Gasteiger partial charge in [0, 0.05) is 12.0 Å². The summed E-state index contributed by atoms with van der Waals surface area (Å²) in [6.45, 7) is 0. The average Bonchev–Trinajstić information content (AvgIpc) is 3.07. The Labute approximate surface area is 103 Å². The van der Waals surface area contributed by atoms with Gasteiger partial charge in [-0.3, -0.25) is 0 Å². The van der Waals surface area contributed by atoms with Crippen LogP contribution in [-0.4, -0.2) is 9.78 Å². The normalized spacial score (nSPS) is 15.2. The summed E-state index contributed by atoms with van der Waals surface area (Å²) in [6.07, 6.45) is 2.33. The predicted molar refractivity (Wildman–Crippen MR) is 64.9 cm³/mol. The standard InChI is InChI=1S/C12H11ClFN3/c13-9-5-8(3-4-10(9)14)17-12(15)6-11(16-17)7-1-2-7/h3-7H,1-2,15H2. The molecule has 0 saturated heterocycles. The molecule has 0 bridgehead atoms. The smallest absolute Gasteiger partial charge is 0.141 e. The zero-order valence-electron chi connectivity index (χ0n) is 9.03. The molecule has 1 heterocycles. The molecular weight excluding hydrogens is 241 g/mol. The zero-order valence-corrected chi connectivity index (χ0v) is 9.78. The van der Waals surface area contributed by atoms with E-state index in [4.69, 9.17) is 17.3 Å². The Balaban J connectivity index is 2.04. The van der Waals surface area contributed by atoms with Gasteiger partial charge in [0.15, 0.2) is 0 Å². The Hall–Kier alpha value is -1.55. The lowest BCUT2D eigenvalue weighted by Gasteiger charge is -2.04. The van der Waals surface area contributed by atoms with Crippen molar-refractivity contribution in [1.82, 2.24) is 9.78 Å². The van der Waals surface area contributed by atoms with Gasteiger partial charge in [-0.15, -0.1) is 0 Å². The molecule has 0 unspecified atom stereocenters. The largest absolute Gasteiger partial charge is 0.384 e. The van der Waals surface area contributed by atoms with E-state index in [1.54, 1.807) is 10.7 Å². The highest BCUT2D eigenvalue weighted by atomic mass is 35.5. The van der Waals surface area contributed by atoms with E-state index in [-0.39, 0.29) is 5.02 Å². The molecule has 1 aromatic carbocycles. The number of halogens is 2. The SMILES string of the molecule is Nc1cc(C2CC2)nn1-c1ccc(F)c(Cl)c1. The number of hydrogen-bond acceptors (Lipinski definition) is 2. The molecule has 17 heavy (non-hydrogen) atoms. The monoisotopic (exact) mass is 251 g/mol. The summed E-state index contributed by atoms with van der Waals surface area (Å²) in [4.78, 5) is 0. The van der Waals surface area contributed by atoms with Gasteiger partial charge in [0.05, 0.1) is 16.4 Å². The van der Waals surface area contributed by atoms with Crippen LogP contribution in [0.1, 0.15) is 24.5 Å². The third-order valence-electron chi connectivity index (χ3n) is 2.90. The van der Waals surface area contributed by atoms with E-state index in [0.29, 0.717) is 17.4 Å². The third-order valence-corrected chi connectivity index (χ3v) is 3.19. The molecule has 0 aliphatic heterocycles. The summed E-state index contributed by atoms with van der Waals surface area (Å²) in [5.74, 6) is 0.646. The summed E-state index contributed by atoms with van der Waals surface area (Å²) in [6, 6.07) is 6.32. The molecule has 0 atom stereocenters. The molecule has 5 heteroatoms. The van der Waals surface area contributed by atoms with E-state index < -0.39 is 5.82 Å². The maximum absolute atomic E-state index is 13.1.